The third-order valence-electron chi connectivity index (χ3n) is 3.26. The van der Waals surface area contributed by atoms with Crippen molar-refractivity contribution in [3.63, 3.8) is 0 Å². The molecule has 0 saturated heterocycles. The van der Waals surface area contributed by atoms with E-state index < -0.39 is 0 Å². The summed E-state index contributed by atoms with van der Waals surface area (Å²) in [6.07, 6.45) is 1.05. The van der Waals surface area contributed by atoms with Crippen molar-refractivity contribution in [1.29, 1.82) is 0 Å². The van der Waals surface area contributed by atoms with Gasteiger partial charge in [-0.1, -0.05) is 48.0 Å². The summed E-state index contributed by atoms with van der Waals surface area (Å²) in [4.78, 5) is 23.5. The fraction of sp³-hybridized carbons (Fsp3) is 0.222. The van der Waals surface area contributed by atoms with Crippen LogP contribution in [0.25, 0.3) is 0 Å². The first-order valence-electron chi connectivity index (χ1n) is 7.30. The topological polar surface area (TPSA) is 58.2 Å². The van der Waals surface area contributed by atoms with E-state index in [9.17, 15) is 9.59 Å². The van der Waals surface area contributed by atoms with Gasteiger partial charge in [-0.05, 0) is 31.0 Å². The largest absolute Gasteiger partial charge is 0.347 e. The number of hydrogen-bond donors (Lipinski definition) is 2. The molecule has 2 aromatic carbocycles. The monoisotopic (exact) mass is 296 g/mol. The molecule has 0 unspecified atom stereocenters. The van der Waals surface area contributed by atoms with Crippen molar-refractivity contribution in [1.82, 2.24) is 5.32 Å². The number of anilines is 1. The number of hydrogen-bond acceptors (Lipinski definition) is 2. The van der Waals surface area contributed by atoms with Gasteiger partial charge in [0.15, 0.2) is 0 Å². The van der Waals surface area contributed by atoms with Gasteiger partial charge in [0.1, 0.15) is 0 Å². The molecule has 0 atom stereocenters. The Morgan fingerprint density at radius 3 is 2.27 bits per heavy atom. The lowest BCUT2D eigenvalue weighted by atomic mass is 10.1. The molecule has 4 nitrogen and oxygen atoms in total. The quantitative estimate of drug-likeness (QED) is 0.861. The van der Waals surface area contributed by atoms with Crippen LogP contribution in [0.1, 0.15) is 17.5 Å². The Kier molecular flexibility index (Phi) is 5.72. The molecule has 0 spiro atoms. The summed E-state index contributed by atoms with van der Waals surface area (Å²) in [6.45, 7) is 2.02. The van der Waals surface area contributed by atoms with Crippen molar-refractivity contribution in [2.45, 2.75) is 19.8 Å². The summed E-state index contributed by atoms with van der Waals surface area (Å²) in [5, 5.41) is 5.36. The van der Waals surface area contributed by atoms with Crippen molar-refractivity contribution < 1.29 is 9.59 Å². The summed E-state index contributed by atoms with van der Waals surface area (Å²) in [5.41, 5.74) is 3.04. The average Bonchev–Trinajstić information content (AvgIpc) is 2.53. The molecule has 114 valence electrons. The van der Waals surface area contributed by atoms with E-state index in [1.807, 2.05) is 49.4 Å². The second kappa shape index (κ2) is 7.98. The molecule has 2 aromatic rings. The Labute approximate surface area is 130 Å². The predicted molar refractivity (Wildman–Crippen MR) is 87.6 cm³/mol. The lowest BCUT2D eigenvalue weighted by molar-refractivity contribution is -0.124. The number of rotatable bonds is 6. The average molecular weight is 296 g/mol. The first-order chi connectivity index (χ1) is 10.6. The van der Waals surface area contributed by atoms with Gasteiger partial charge in [0, 0.05) is 12.1 Å². The molecule has 0 radical (unpaired) electrons. The Morgan fingerprint density at radius 2 is 1.59 bits per heavy atom. The van der Waals surface area contributed by atoms with E-state index in [0.29, 0.717) is 12.8 Å². The molecule has 4 heteroatoms. The molecular weight excluding hydrogens is 276 g/mol. The second-order valence-corrected chi connectivity index (χ2v) is 5.18. The fourth-order valence-electron chi connectivity index (χ4n) is 2.01. The van der Waals surface area contributed by atoms with Crippen LogP contribution in [0, 0.1) is 6.92 Å². The zero-order valence-electron chi connectivity index (χ0n) is 12.6. The fourth-order valence-corrected chi connectivity index (χ4v) is 2.01. The molecule has 2 N–H and O–H groups in total. The number of nitrogens with one attached hydrogen (secondary N) is 2. The Balaban J connectivity index is 1.69. The highest BCUT2D eigenvalue weighted by Gasteiger charge is 2.06. The van der Waals surface area contributed by atoms with Crippen molar-refractivity contribution in [3.8, 4) is 0 Å². The van der Waals surface area contributed by atoms with Crippen LogP contribution in [0.5, 0.6) is 0 Å². The molecule has 2 amide bonds. The van der Waals surface area contributed by atoms with E-state index in [0.717, 1.165) is 11.3 Å². The first-order valence-corrected chi connectivity index (χ1v) is 7.30. The second-order valence-electron chi connectivity index (χ2n) is 5.18. The van der Waals surface area contributed by atoms with Crippen LogP contribution in [-0.4, -0.2) is 18.4 Å². The molecule has 0 bridgehead atoms. The highest BCUT2D eigenvalue weighted by molar-refractivity contribution is 5.94. The van der Waals surface area contributed by atoms with Crippen LogP contribution in [0.15, 0.2) is 54.6 Å². The molecule has 2 rings (SSSR count). The molecule has 0 fully saturated rings. The minimum absolute atomic E-state index is 0.0123. The first kappa shape index (κ1) is 15.8. The van der Waals surface area contributed by atoms with E-state index in [4.69, 9.17) is 0 Å². The van der Waals surface area contributed by atoms with Gasteiger partial charge in [-0.15, -0.1) is 0 Å². The van der Waals surface area contributed by atoms with Gasteiger partial charge >= 0.3 is 0 Å². The van der Waals surface area contributed by atoms with Gasteiger partial charge in [-0.3, -0.25) is 9.59 Å². The summed E-state index contributed by atoms with van der Waals surface area (Å²) in [6, 6.07) is 17.3. The highest BCUT2D eigenvalue weighted by Crippen LogP contribution is 2.06. The maximum Gasteiger partial charge on any atom is 0.243 e. The molecule has 22 heavy (non-hydrogen) atoms. The summed E-state index contributed by atoms with van der Waals surface area (Å²) in [5.74, 6) is -0.348. The van der Waals surface area contributed by atoms with Crippen molar-refractivity contribution in [2.75, 3.05) is 11.9 Å². The summed E-state index contributed by atoms with van der Waals surface area (Å²) >= 11 is 0. The highest BCUT2D eigenvalue weighted by atomic mass is 16.2. The Bertz CT molecular complexity index is 621. The number of aryl methyl sites for hydroxylation is 2. The van der Waals surface area contributed by atoms with Crippen LogP contribution < -0.4 is 10.6 Å². The van der Waals surface area contributed by atoms with Crippen LogP contribution >= 0.6 is 0 Å². The number of benzene rings is 2. The Hall–Kier alpha value is -2.62. The van der Waals surface area contributed by atoms with Crippen molar-refractivity contribution >= 4 is 17.5 Å². The van der Waals surface area contributed by atoms with E-state index in [1.54, 1.807) is 12.1 Å². The summed E-state index contributed by atoms with van der Waals surface area (Å²) in [7, 11) is 0. The zero-order chi connectivity index (χ0) is 15.8. The molecule has 0 aliphatic carbocycles. The lowest BCUT2D eigenvalue weighted by Gasteiger charge is -2.07. The Morgan fingerprint density at radius 1 is 0.909 bits per heavy atom. The molecule has 0 saturated carbocycles. The molecule has 0 heterocycles. The maximum atomic E-state index is 11.7. The number of para-hydroxylation sites is 1. The van der Waals surface area contributed by atoms with Crippen molar-refractivity contribution in [2.24, 2.45) is 0 Å². The summed E-state index contributed by atoms with van der Waals surface area (Å²) < 4.78 is 0. The maximum absolute atomic E-state index is 11.7. The van der Waals surface area contributed by atoms with Gasteiger partial charge in [-0.2, -0.15) is 0 Å². The van der Waals surface area contributed by atoms with Gasteiger partial charge < -0.3 is 10.6 Å². The zero-order valence-corrected chi connectivity index (χ0v) is 12.6. The van der Waals surface area contributed by atoms with Crippen LogP contribution in [-0.2, 0) is 16.0 Å². The third-order valence-corrected chi connectivity index (χ3v) is 3.26. The van der Waals surface area contributed by atoms with E-state index >= 15 is 0 Å². The molecular formula is C18H20N2O2. The van der Waals surface area contributed by atoms with E-state index in [-0.39, 0.29) is 18.4 Å². The molecule has 0 aromatic heterocycles. The minimum Gasteiger partial charge on any atom is -0.347 e. The van der Waals surface area contributed by atoms with Crippen LogP contribution in [0.2, 0.25) is 0 Å². The number of carbonyl (C=O) groups excluding carboxylic acids is 2. The van der Waals surface area contributed by atoms with Gasteiger partial charge in [0.2, 0.25) is 11.8 Å². The molecule has 0 aliphatic rings. The van der Waals surface area contributed by atoms with E-state index in [1.165, 1.54) is 5.56 Å². The lowest BCUT2D eigenvalue weighted by Crippen LogP contribution is -2.32. The van der Waals surface area contributed by atoms with Gasteiger partial charge in [-0.25, -0.2) is 0 Å². The molecule has 0 aliphatic heterocycles. The van der Waals surface area contributed by atoms with Crippen LogP contribution in [0.3, 0.4) is 0 Å². The number of carbonyl (C=O) groups is 2. The SMILES string of the molecule is Cc1ccc(CCC(=O)NCC(=O)Nc2ccccc2)cc1. The normalized spacial score (nSPS) is 10.0. The van der Waals surface area contributed by atoms with Crippen molar-refractivity contribution in [3.05, 3.63) is 65.7 Å². The van der Waals surface area contributed by atoms with E-state index in [2.05, 4.69) is 10.6 Å². The van der Waals surface area contributed by atoms with Crippen LogP contribution in [0.4, 0.5) is 5.69 Å². The standard InChI is InChI=1S/C18H20N2O2/c1-14-7-9-15(10-8-14)11-12-17(21)19-13-18(22)20-16-5-3-2-4-6-16/h2-10H,11-13H2,1H3,(H,19,21)(H,20,22). The number of amides is 2. The predicted octanol–water partition coefficient (Wildman–Crippen LogP) is 2.68. The minimum atomic E-state index is -0.227. The third kappa shape index (κ3) is 5.40. The van der Waals surface area contributed by atoms with Gasteiger partial charge in [0.25, 0.3) is 0 Å². The smallest absolute Gasteiger partial charge is 0.243 e. The van der Waals surface area contributed by atoms with Gasteiger partial charge in [0.05, 0.1) is 6.54 Å².